The number of ether oxygens (including phenoxy) is 1. The third kappa shape index (κ3) is 2.10. The highest BCUT2D eigenvalue weighted by Gasteiger charge is 2.29. The largest absolute Gasteiger partial charge is 0.376 e. The monoisotopic (exact) mass is 267 g/mol. The molecule has 20 heavy (non-hydrogen) atoms. The third-order valence-electron chi connectivity index (χ3n) is 3.41. The number of amides is 1. The number of nitrogens with zero attached hydrogens (tertiary/aromatic N) is 3. The van der Waals surface area contributed by atoms with Crippen LogP contribution in [0.1, 0.15) is 10.5 Å². The quantitative estimate of drug-likeness (QED) is 0.787. The van der Waals surface area contributed by atoms with Gasteiger partial charge in [0.25, 0.3) is 5.91 Å². The molecule has 0 radical (unpaired) electrons. The van der Waals surface area contributed by atoms with E-state index in [2.05, 4.69) is 11.1 Å². The van der Waals surface area contributed by atoms with Crippen LogP contribution in [-0.4, -0.2) is 41.6 Å². The molecule has 1 fully saturated rings. The summed E-state index contributed by atoms with van der Waals surface area (Å²) in [6.07, 6.45) is 1.62. The number of nitriles is 1. The molecule has 0 unspecified atom stereocenters. The van der Waals surface area contributed by atoms with Gasteiger partial charge in [0, 0.05) is 18.1 Å². The van der Waals surface area contributed by atoms with Crippen LogP contribution in [0, 0.1) is 11.3 Å². The number of aromatic nitrogens is 1. The lowest BCUT2D eigenvalue weighted by Crippen LogP contribution is -2.48. The maximum absolute atomic E-state index is 12.6. The average molecular weight is 267 g/mol. The molecule has 1 aromatic heterocycles. The van der Waals surface area contributed by atoms with Crippen LogP contribution in [0.3, 0.4) is 0 Å². The first-order valence-electron chi connectivity index (χ1n) is 6.43. The normalized spacial score (nSPS) is 18.8. The van der Waals surface area contributed by atoms with Gasteiger partial charge in [-0.25, -0.2) is 0 Å². The first kappa shape index (κ1) is 12.6. The van der Waals surface area contributed by atoms with E-state index in [0.29, 0.717) is 18.8 Å². The van der Waals surface area contributed by atoms with Gasteiger partial charge in [0.15, 0.2) is 0 Å². The number of fused-ring (bicyclic) bond motifs is 1. The van der Waals surface area contributed by atoms with Crippen molar-refractivity contribution in [1.82, 2.24) is 9.88 Å². The molecule has 5 heteroatoms. The highest BCUT2D eigenvalue weighted by molar-refractivity contribution is 6.05. The Hall–Kier alpha value is -2.45. The van der Waals surface area contributed by atoms with Gasteiger partial charge < -0.3 is 9.64 Å². The fraction of sp³-hybridized carbons (Fsp3) is 0.267. The zero-order valence-corrected chi connectivity index (χ0v) is 10.8. The second-order valence-electron chi connectivity index (χ2n) is 4.60. The first-order valence-corrected chi connectivity index (χ1v) is 6.43. The number of carbonyl (C=O) groups is 1. The average Bonchev–Trinajstić information content (AvgIpc) is 2.53. The van der Waals surface area contributed by atoms with E-state index in [1.54, 1.807) is 6.20 Å². The van der Waals surface area contributed by atoms with Crippen LogP contribution in [-0.2, 0) is 4.74 Å². The molecule has 1 saturated heterocycles. The summed E-state index contributed by atoms with van der Waals surface area (Å²) in [5.74, 6) is -0.211. The van der Waals surface area contributed by atoms with Crippen LogP contribution < -0.4 is 0 Å². The number of rotatable bonds is 1. The Kier molecular flexibility index (Phi) is 3.32. The summed E-state index contributed by atoms with van der Waals surface area (Å²) in [5, 5.41) is 10.9. The van der Waals surface area contributed by atoms with E-state index >= 15 is 0 Å². The van der Waals surface area contributed by atoms with Crippen molar-refractivity contribution in [2.75, 3.05) is 19.8 Å². The number of pyridine rings is 1. The molecule has 3 rings (SSSR count). The van der Waals surface area contributed by atoms with E-state index in [-0.39, 0.29) is 12.5 Å². The van der Waals surface area contributed by atoms with Crippen LogP contribution in [0.5, 0.6) is 0 Å². The summed E-state index contributed by atoms with van der Waals surface area (Å²) in [7, 11) is 0. The molecule has 5 nitrogen and oxygen atoms in total. The minimum Gasteiger partial charge on any atom is -0.376 e. The zero-order chi connectivity index (χ0) is 13.9. The lowest BCUT2D eigenvalue weighted by Gasteiger charge is -2.31. The summed E-state index contributed by atoms with van der Waals surface area (Å²) >= 11 is 0. The maximum atomic E-state index is 12.6. The van der Waals surface area contributed by atoms with Crippen molar-refractivity contribution in [3.05, 3.63) is 42.2 Å². The fourth-order valence-corrected chi connectivity index (χ4v) is 2.38. The summed E-state index contributed by atoms with van der Waals surface area (Å²) < 4.78 is 5.24. The predicted molar refractivity (Wildman–Crippen MR) is 73.0 cm³/mol. The van der Waals surface area contributed by atoms with Crippen molar-refractivity contribution in [2.45, 2.75) is 6.04 Å². The SMILES string of the molecule is N#C[C@H]1COCCN1C(=O)c1nccc2ccccc12. The molecule has 0 bridgehead atoms. The van der Waals surface area contributed by atoms with Crippen molar-refractivity contribution in [1.29, 1.82) is 5.26 Å². The van der Waals surface area contributed by atoms with Crippen molar-refractivity contribution >= 4 is 16.7 Å². The second-order valence-corrected chi connectivity index (χ2v) is 4.60. The Balaban J connectivity index is 2.02. The summed E-state index contributed by atoms with van der Waals surface area (Å²) in [4.78, 5) is 18.4. The van der Waals surface area contributed by atoms with Gasteiger partial charge in [0.1, 0.15) is 11.7 Å². The smallest absolute Gasteiger partial charge is 0.274 e. The highest BCUT2D eigenvalue weighted by Crippen LogP contribution is 2.19. The zero-order valence-electron chi connectivity index (χ0n) is 10.8. The van der Waals surface area contributed by atoms with Crippen molar-refractivity contribution in [3.63, 3.8) is 0 Å². The Labute approximate surface area is 116 Å². The summed E-state index contributed by atoms with van der Waals surface area (Å²) in [5.41, 5.74) is 0.394. The first-order chi connectivity index (χ1) is 9.81. The van der Waals surface area contributed by atoms with Crippen molar-refractivity contribution < 1.29 is 9.53 Å². The van der Waals surface area contributed by atoms with E-state index in [1.807, 2.05) is 30.3 Å². The van der Waals surface area contributed by atoms with E-state index in [4.69, 9.17) is 10.00 Å². The summed E-state index contributed by atoms with van der Waals surface area (Å²) in [6.45, 7) is 1.13. The van der Waals surface area contributed by atoms with E-state index in [1.165, 1.54) is 4.90 Å². The van der Waals surface area contributed by atoms with E-state index in [9.17, 15) is 4.79 Å². The van der Waals surface area contributed by atoms with Crippen LogP contribution in [0.25, 0.3) is 10.8 Å². The van der Waals surface area contributed by atoms with E-state index < -0.39 is 6.04 Å². The van der Waals surface area contributed by atoms with Gasteiger partial charge in [-0.05, 0) is 11.5 Å². The lowest BCUT2D eigenvalue weighted by molar-refractivity contribution is 0.0130. The maximum Gasteiger partial charge on any atom is 0.274 e. The molecule has 1 amide bonds. The fourth-order valence-electron chi connectivity index (χ4n) is 2.38. The number of morpholine rings is 1. The minimum atomic E-state index is -0.544. The molecule has 100 valence electrons. The molecule has 1 aromatic carbocycles. The van der Waals surface area contributed by atoms with Gasteiger partial charge in [-0.15, -0.1) is 0 Å². The van der Waals surface area contributed by atoms with Crippen LogP contribution in [0.2, 0.25) is 0 Å². The second kappa shape index (κ2) is 5.27. The molecule has 1 aliphatic rings. The molecular formula is C15H13N3O2. The number of hydrogen-bond donors (Lipinski definition) is 0. The van der Waals surface area contributed by atoms with Crippen LogP contribution in [0.4, 0.5) is 0 Å². The van der Waals surface area contributed by atoms with Gasteiger partial charge in [0.2, 0.25) is 0 Å². The van der Waals surface area contributed by atoms with Crippen LogP contribution >= 0.6 is 0 Å². The molecule has 2 heterocycles. The minimum absolute atomic E-state index is 0.211. The Bertz CT molecular complexity index is 688. The Morgan fingerprint density at radius 2 is 2.25 bits per heavy atom. The van der Waals surface area contributed by atoms with Crippen molar-refractivity contribution in [2.24, 2.45) is 0 Å². The molecule has 0 saturated carbocycles. The molecule has 0 N–H and O–H groups in total. The van der Waals surface area contributed by atoms with Gasteiger partial charge in [0.05, 0.1) is 19.3 Å². The Morgan fingerprint density at radius 1 is 1.40 bits per heavy atom. The number of benzene rings is 1. The molecular weight excluding hydrogens is 254 g/mol. The number of hydrogen-bond acceptors (Lipinski definition) is 4. The Morgan fingerprint density at radius 3 is 3.10 bits per heavy atom. The van der Waals surface area contributed by atoms with Gasteiger partial charge >= 0.3 is 0 Å². The summed E-state index contributed by atoms with van der Waals surface area (Å²) in [6, 6.07) is 11.0. The highest BCUT2D eigenvalue weighted by atomic mass is 16.5. The number of carbonyl (C=O) groups excluding carboxylic acids is 1. The van der Waals surface area contributed by atoms with Crippen molar-refractivity contribution in [3.8, 4) is 6.07 Å². The van der Waals surface area contributed by atoms with E-state index in [0.717, 1.165) is 10.8 Å². The third-order valence-corrected chi connectivity index (χ3v) is 3.41. The van der Waals surface area contributed by atoms with Gasteiger partial charge in [-0.1, -0.05) is 24.3 Å². The molecule has 1 aliphatic heterocycles. The topological polar surface area (TPSA) is 66.2 Å². The standard InChI is InChI=1S/C15H13N3O2/c16-9-12-10-20-8-7-18(12)15(19)14-13-4-2-1-3-11(13)5-6-17-14/h1-6,12H,7-8,10H2/t12-/m0/s1. The molecule has 1 atom stereocenters. The lowest BCUT2D eigenvalue weighted by atomic mass is 10.1. The molecule has 0 spiro atoms. The predicted octanol–water partition coefficient (Wildman–Crippen LogP) is 1.60. The molecule has 0 aliphatic carbocycles. The van der Waals surface area contributed by atoms with Crippen LogP contribution in [0.15, 0.2) is 36.5 Å². The van der Waals surface area contributed by atoms with Gasteiger partial charge in [-0.3, -0.25) is 9.78 Å². The van der Waals surface area contributed by atoms with Gasteiger partial charge in [-0.2, -0.15) is 5.26 Å². The molecule has 2 aromatic rings.